The Morgan fingerprint density at radius 1 is 0.885 bits per heavy atom. The Labute approximate surface area is 148 Å². The average molecular weight is 351 g/mol. The minimum absolute atomic E-state index is 0.258. The Morgan fingerprint density at radius 2 is 1.73 bits per heavy atom. The van der Waals surface area contributed by atoms with Gasteiger partial charge in [0.2, 0.25) is 0 Å². The van der Waals surface area contributed by atoms with Gasteiger partial charge in [-0.1, -0.05) is 24.3 Å². The summed E-state index contributed by atoms with van der Waals surface area (Å²) >= 11 is 0. The van der Waals surface area contributed by atoms with E-state index in [0.29, 0.717) is 18.7 Å². The van der Waals surface area contributed by atoms with Crippen molar-refractivity contribution in [3.8, 4) is 11.1 Å². The predicted molar refractivity (Wildman–Crippen MR) is 93.1 cm³/mol. The smallest absolute Gasteiger partial charge is 0.183 e. The van der Waals surface area contributed by atoms with E-state index in [1.54, 1.807) is 28.9 Å². The van der Waals surface area contributed by atoms with Crippen molar-refractivity contribution in [3.63, 3.8) is 0 Å². The van der Waals surface area contributed by atoms with Gasteiger partial charge in [-0.2, -0.15) is 4.52 Å². The molecule has 0 aliphatic heterocycles. The first kappa shape index (κ1) is 16.3. The molecule has 0 saturated carbocycles. The second-order valence-corrected chi connectivity index (χ2v) is 5.94. The molecule has 7 heteroatoms. The Morgan fingerprint density at radius 3 is 2.54 bits per heavy atom. The number of tetrazole rings is 1. The molecule has 0 unspecified atom stereocenters. The number of aromatic nitrogens is 4. The van der Waals surface area contributed by atoms with Crippen molar-refractivity contribution in [3.05, 3.63) is 83.6 Å². The van der Waals surface area contributed by atoms with Crippen LogP contribution in [0, 0.1) is 11.6 Å². The maximum absolute atomic E-state index is 13.3. The molecule has 5 nitrogen and oxygen atoms in total. The van der Waals surface area contributed by atoms with E-state index < -0.39 is 0 Å². The molecule has 0 atom stereocenters. The van der Waals surface area contributed by atoms with Crippen LogP contribution in [-0.4, -0.2) is 20.0 Å². The number of benzene rings is 2. The van der Waals surface area contributed by atoms with Crippen molar-refractivity contribution in [2.75, 3.05) is 0 Å². The van der Waals surface area contributed by atoms with Crippen molar-refractivity contribution in [1.29, 1.82) is 0 Å². The summed E-state index contributed by atoms with van der Waals surface area (Å²) in [7, 11) is 0. The van der Waals surface area contributed by atoms with Gasteiger partial charge < -0.3 is 5.32 Å². The van der Waals surface area contributed by atoms with Crippen LogP contribution in [0.3, 0.4) is 0 Å². The highest BCUT2D eigenvalue weighted by molar-refractivity contribution is 5.66. The number of fused-ring (bicyclic) bond motifs is 1. The lowest BCUT2D eigenvalue weighted by atomic mass is 10.1. The third kappa shape index (κ3) is 3.43. The monoisotopic (exact) mass is 351 g/mol. The van der Waals surface area contributed by atoms with E-state index in [9.17, 15) is 8.78 Å². The van der Waals surface area contributed by atoms with E-state index in [1.807, 2.05) is 12.1 Å². The fourth-order valence-corrected chi connectivity index (χ4v) is 2.83. The van der Waals surface area contributed by atoms with E-state index in [4.69, 9.17) is 0 Å². The molecular weight excluding hydrogens is 336 g/mol. The molecule has 0 bridgehead atoms. The number of rotatable bonds is 5. The number of hydrogen-bond donors (Lipinski definition) is 1. The lowest BCUT2D eigenvalue weighted by molar-refractivity contribution is 0.620. The number of hydrogen-bond acceptors (Lipinski definition) is 4. The summed E-state index contributed by atoms with van der Waals surface area (Å²) in [6.45, 7) is 1.03. The van der Waals surface area contributed by atoms with Gasteiger partial charge in [0, 0.05) is 30.4 Å². The van der Waals surface area contributed by atoms with E-state index in [1.165, 1.54) is 24.3 Å². The van der Waals surface area contributed by atoms with Crippen LogP contribution in [0.25, 0.3) is 16.8 Å². The average Bonchev–Trinajstić information content (AvgIpc) is 3.11. The standard InChI is InChI=1S/C19H15F2N5/c20-17-6-4-14(5-7-17)16-9-15(19-23-24-25-26(19)12-16)11-22-10-13-2-1-3-18(21)8-13/h1-9,12,22H,10-11H2. The van der Waals surface area contributed by atoms with Crippen molar-refractivity contribution < 1.29 is 8.78 Å². The molecule has 0 aliphatic rings. The van der Waals surface area contributed by atoms with Crippen LogP contribution in [0.1, 0.15) is 11.1 Å². The second-order valence-electron chi connectivity index (χ2n) is 5.94. The minimum Gasteiger partial charge on any atom is -0.308 e. The predicted octanol–water partition coefficient (Wildman–Crippen LogP) is 3.36. The van der Waals surface area contributed by atoms with Gasteiger partial charge in [0.1, 0.15) is 11.6 Å². The van der Waals surface area contributed by atoms with Crippen LogP contribution >= 0.6 is 0 Å². The number of halogens is 2. The molecule has 0 saturated heterocycles. The minimum atomic E-state index is -0.283. The third-order valence-electron chi connectivity index (χ3n) is 4.08. The van der Waals surface area contributed by atoms with Gasteiger partial charge in [0.05, 0.1) is 0 Å². The molecule has 0 fully saturated rings. The van der Waals surface area contributed by atoms with E-state index in [0.717, 1.165) is 22.3 Å². The topological polar surface area (TPSA) is 55.1 Å². The van der Waals surface area contributed by atoms with Gasteiger partial charge in [0.15, 0.2) is 5.65 Å². The SMILES string of the molecule is Fc1ccc(-c2cc(CNCc3cccc(F)c3)c3nnnn3c2)cc1. The summed E-state index contributed by atoms with van der Waals surface area (Å²) in [5.74, 6) is -0.541. The molecule has 26 heavy (non-hydrogen) atoms. The summed E-state index contributed by atoms with van der Waals surface area (Å²) in [5.41, 5.74) is 4.15. The van der Waals surface area contributed by atoms with Crippen molar-refractivity contribution >= 4 is 5.65 Å². The van der Waals surface area contributed by atoms with E-state index in [2.05, 4.69) is 20.8 Å². The highest BCUT2D eigenvalue weighted by atomic mass is 19.1. The van der Waals surface area contributed by atoms with Crippen LogP contribution in [0.4, 0.5) is 8.78 Å². The van der Waals surface area contributed by atoms with E-state index >= 15 is 0 Å². The molecule has 0 radical (unpaired) electrons. The zero-order valence-corrected chi connectivity index (χ0v) is 13.7. The van der Waals surface area contributed by atoms with Gasteiger partial charge in [0.25, 0.3) is 0 Å². The number of nitrogens with one attached hydrogen (secondary N) is 1. The first-order valence-corrected chi connectivity index (χ1v) is 8.11. The molecule has 0 amide bonds. The first-order valence-electron chi connectivity index (χ1n) is 8.11. The quantitative estimate of drug-likeness (QED) is 0.599. The van der Waals surface area contributed by atoms with Gasteiger partial charge in [-0.25, -0.2) is 8.78 Å². The van der Waals surface area contributed by atoms with Crippen molar-refractivity contribution in [2.24, 2.45) is 0 Å². The van der Waals surface area contributed by atoms with Gasteiger partial charge in [-0.05, 0) is 51.9 Å². The molecule has 2 heterocycles. The van der Waals surface area contributed by atoms with Crippen LogP contribution < -0.4 is 5.32 Å². The maximum Gasteiger partial charge on any atom is 0.183 e. The van der Waals surface area contributed by atoms with Crippen molar-refractivity contribution in [1.82, 2.24) is 25.4 Å². The summed E-state index contributed by atoms with van der Waals surface area (Å²) in [5, 5.41) is 15.0. The summed E-state index contributed by atoms with van der Waals surface area (Å²) in [6, 6.07) is 14.7. The fourth-order valence-electron chi connectivity index (χ4n) is 2.83. The first-order chi connectivity index (χ1) is 12.7. The molecule has 1 N–H and O–H groups in total. The van der Waals surface area contributed by atoms with Crippen LogP contribution in [0.2, 0.25) is 0 Å². The number of nitrogens with zero attached hydrogens (tertiary/aromatic N) is 4. The molecule has 2 aromatic heterocycles. The van der Waals surface area contributed by atoms with Gasteiger partial charge in [-0.3, -0.25) is 0 Å². The zero-order valence-electron chi connectivity index (χ0n) is 13.7. The zero-order chi connectivity index (χ0) is 17.9. The molecule has 0 aliphatic carbocycles. The Hall–Kier alpha value is -3.19. The molecule has 130 valence electrons. The highest BCUT2D eigenvalue weighted by Gasteiger charge is 2.09. The summed E-state index contributed by atoms with van der Waals surface area (Å²) in [6.07, 6.45) is 1.80. The number of pyridine rings is 1. The molecule has 4 aromatic rings. The maximum atomic E-state index is 13.3. The summed E-state index contributed by atoms with van der Waals surface area (Å²) < 4.78 is 28.0. The second kappa shape index (κ2) is 6.97. The third-order valence-corrected chi connectivity index (χ3v) is 4.08. The Bertz CT molecular complexity index is 1040. The molecular formula is C19H15F2N5. The molecule has 4 rings (SSSR count). The largest absolute Gasteiger partial charge is 0.308 e. The van der Waals surface area contributed by atoms with Crippen LogP contribution in [0.15, 0.2) is 60.8 Å². The fraction of sp³-hybridized carbons (Fsp3) is 0.105. The highest BCUT2D eigenvalue weighted by Crippen LogP contribution is 2.22. The lowest BCUT2D eigenvalue weighted by Crippen LogP contribution is -2.14. The van der Waals surface area contributed by atoms with Crippen LogP contribution in [0.5, 0.6) is 0 Å². The molecule has 2 aromatic carbocycles. The van der Waals surface area contributed by atoms with Gasteiger partial charge in [-0.15, -0.1) is 5.10 Å². The lowest BCUT2D eigenvalue weighted by Gasteiger charge is -2.09. The normalized spacial score (nSPS) is 11.2. The Balaban J connectivity index is 1.59. The Kier molecular flexibility index (Phi) is 4.37. The molecule has 0 spiro atoms. The van der Waals surface area contributed by atoms with E-state index in [-0.39, 0.29) is 11.6 Å². The van der Waals surface area contributed by atoms with Crippen molar-refractivity contribution in [2.45, 2.75) is 13.1 Å². The van der Waals surface area contributed by atoms with Crippen LogP contribution in [-0.2, 0) is 13.1 Å². The van der Waals surface area contributed by atoms with Gasteiger partial charge >= 0.3 is 0 Å². The summed E-state index contributed by atoms with van der Waals surface area (Å²) in [4.78, 5) is 0.